The van der Waals surface area contributed by atoms with Gasteiger partial charge in [-0.3, -0.25) is 9.78 Å². The summed E-state index contributed by atoms with van der Waals surface area (Å²) in [6.07, 6.45) is 3.07. The minimum atomic E-state index is -1.41. The van der Waals surface area contributed by atoms with E-state index in [1.165, 1.54) is 24.4 Å². The number of aromatic nitrogens is 1. The summed E-state index contributed by atoms with van der Waals surface area (Å²) in [6.45, 7) is 0. The second kappa shape index (κ2) is 10.2. The Morgan fingerprint density at radius 1 is 0.781 bits per heavy atom. The van der Waals surface area contributed by atoms with Gasteiger partial charge in [-0.05, 0) is 41.0 Å². The number of carbonyl (C=O) groups excluding carboxylic acids is 2. The number of phenols is 1. The molecular weight excluding hydrogens is 415 g/mol. The molecule has 4 rings (SSSR count). The standard InChI is InChI=1S/C25H18N2O4.Na/c28-21-8-4-7-17(12-21)18-9-10-22(25(30)31)23(13-18)27-24(29)20-11-19(14-26-15-20)16-5-2-1-3-6-16;/h1-15,28H,(H,27,29)(H,30,31);/q;+1/p-1. The summed E-state index contributed by atoms with van der Waals surface area (Å²) >= 11 is 0. The van der Waals surface area contributed by atoms with E-state index in [2.05, 4.69) is 10.3 Å². The van der Waals surface area contributed by atoms with Crippen molar-refractivity contribution in [2.24, 2.45) is 0 Å². The molecule has 32 heavy (non-hydrogen) atoms. The molecule has 0 aliphatic rings. The fraction of sp³-hybridized carbons (Fsp3) is 0. The molecule has 0 atom stereocenters. The van der Waals surface area contributed by atoms with E-state index in [0.717, 1.165) is 11.1 Å². The van der Waals surface area contributed by atoms with E-state index in [1.807, 2.05) is 30.3 Å². The van der Waals surface area contributed by atoms with Gasteiger partial charge in [-0.25, -0.2) is 0 Å². The number of benzene rings is 3. The predicted octanol–water partition coefficient (Wildman–Crippen LogP) is 0.741. The fourth-order valence-corrected chi connectivity index (χ4v) is 3.24. The van der Waals surface area contributed by atoms with Crippen molar-refractivity contribution < 1.29 is 49.4 Å². The monoisotopic (exact) mass is 432 g/mol. The van der Waals surface area contributed by atoms with Gasteiger partial charge in [0.25, 0.3) is 5.91 Å². The molecule has 0 saturated heterocycles. The Morgan fingerprint density at radius 2 is 1.50 bits per heavy atom. The number of hydrogen-bond donors (Lipinski definition) is 2. The third-order valence-electron chi connectivity index (χ3n) is 4.77. The van der Waals surface area contributed by atoms with Crippen molar-refractivity contribution in [2.75, 3.05) is 5.32 Å². The van der Waals surface area contributed by atoms with E-state index in [-0.39, 0.29) is 52.1 Å². The number of pyridine rings is 1. The van der Waals surface area contributed by atoms with Gasteiger partial charge in [0.2, 0.25) is 0 Å². The number of carbonyl (C=O) groups is 2. The van der Waals surface area contributed by atoms with Crippen LogP contribution < -0.4 is 40.0 Å². The number of rotatable bonds is 5. The van der Waals surface area contributed by atoms with Gasteiger partial charge < -0.3 is 20.3 Å². The first-order chi connectivity index (χ1) is 15.0. The number of carboxylic acids is 1. The molecule has 152 valence electrons. The zero-order valence-electron chi connectivity index (χ0n) is 17.3. The van der Waals surface area contributed by atoms with Crippen molar-refractivity contribution in [3.8, 4) is 28.0 Å². The maximum atomic E-state index is 12.9. The van der Waals surface area contributed by atoms with Gasteiger partial charge in [0, 0.05) is 23.5 Å². The molecule has 0 spiro atoms. The van der Waals surface area contributed by atoms with Gasteiger partial charge in [0.05, 0.1) is 17.2 Å². The molecule has 7 heteroatoms. The summed E-state index contributed by atoms with van der Waals surface area (Å²) in [7, 11) is 0. The van der Waals surface area contributed by atoms with Crippen molar-refractivity contribution in [3.05, 3.63) is 102 Å². The molecule has 0 fully saturated rings. The molecule has 1 amide bonds. The summed E-state index contributed by atoms with van der Waals surface area (Å²) < 4.78 is 0. The number of aromatic carboxylic acids is 1. The minimum absolute atomic E-state index is 0. The van der Waals surface area contributed by atoms with E-state index in [1.54, 1.807) is 36.5 Å². The van der Waals surface area contributed by atoms with Gasteiger partial charge in [-0.2, -0.15) is 0 Å². The van der Waals surface area contributed by atoms with Crippen LogP contribution in [0.4, 0.5) is 5.69 Å². The SMILES string of the molecule is O=C(Nc1cc(-c2cccc(O)c2)ccc1C(=O)[O-])c1cncc(-c2ccccc2)c1.[Na+]. The molecule has 0 aliphatic heterocycles. The third-order valence-corrected chi connectivity index (χ3v) is 4.77. The Kier molecular flexibility index (Phi) is 7.43. The third kappa shape index (κ3) is 5.23. The molecule has 0 aliphatic carbocycles. The van der Waals surface area contributed by atoms with Crippen LogP contribution in [0.25, 0.3) is 22.3 Å². The van der Waals surface area contributed by atoms with Crippen LogP contribution in [0.3, 0.4) is 0 Å². The Bertz CT molecular complexity index is 1280. The van der Waals surface area contributed by atoms with Gasteiger partial charge in [0.1, 0.15) is 5.75 Å². The Labute approximate surface area is 206 Å². The first-order valence-electron chi connectivity index (χ1n) is 9.48. The van der Waals surface area contributed by atoms with Crippen LogP contribution in [0, 0.1) is 0 Å². The van der Waals surface area contributed by atoms with Gasteiger partial charge in [-0.15, -0.1) is 0 Å². The maximum absolute atomic E-state index is 12.9. The largest absolute Gasteiger partial charge is 1.00 e. The van der Waals surface area contributed by atoms with Crippen LogP contribution in [-0.2, 0) is 0 Å². The molecular formula is C25H17N2NaO4. The topological polar surface area (TPSA) is 102 Å². The van der Waals surface area contributed by atoms with E-state index < -0.39 is 11.9 Å². The van der Waals surface area contributed by atoms with Gasteiger partial charge in [0.15, 0.2) is 0 Å². The van der Waals surface area contributed by atoms with E-state index >= 15 is 0 Å². The van der Waals surface area contributed by atoms with Gasteiger partial charge >= 0.3 is 29.6 Å². The maximum Gasteiger partial charge on any atom is 1.00 e. The molecule has 0 radical (unpaired) electrons. The quantitative estimate of drug-likeness (QED) is 0.453. The Hall–Kier alpha value is -3.45. The average Bonchev–Trinajstić information content (AvgIpc) is 2.79. The summed E-state index contributed by atoms with van der Waals surface area (Å²) in [5, 5.41) is 23.9. The first-order valence-corrected chi connectivity index (χ1v) is 9.48. The zero-order valence-corrected chi connectivity index (χ0v) is 19.3. The number of amides is 1. The molecule has 3 aromatic carbocycles. The van der Waals surface area contributed by atoms with Crippen LogP contribution in [-0.4, -0.2) is 22.0 Å². The van der Waals surface area contributed by atoms with Crippen molar-refractivity contribution in [2.45, 2.75) is 0 Å². The fourth-order valence-electron chi connectivity index (χ4n) is 3.24. The van der Waals surface area contributed by atoms with Crippen LogP contribution in [0.15, 0.2) is 91.3 Å². The number of anilines is 1. The van der Waals surface area contributed by atoms with E-state index in [4.69, 9.17) is 0 Å². The van der Waals surface area contributed by atoms with Crippen molar-refractivity contribution in [3.63, 3.8) is 0 Å². The second-order valence-corrected chi connectivity index (χ2v) is 6.88. The van der Waals surface area contributed by atoms with Crippen molar-refractivity contribution in [1.29, 1.82) is 0 Å². The molecule has 0 bridgehead atoms. The number of aromatic hydroxyl groups is 1. The number of carboxylic acid groups (broad SMARTS) is 1. The van der Waals surface area contributed by atoms with Crippen LogP contribution >= 0.6 is 0 Å². The Balaban J connectivity index is 0.00000289. The molecule has 4 aromatic rings. The summed E-state index contributed by atoms with van der Waals surface area (Å²) in [6, 6.07) is 22.2. The average molecular weight is 432 g/mol. The minimum Gasteiger partial charge on any atom is -0.545 e. The van der Waals surface area contributed by atoms with E-state index in [9.17, 15) is 19.8 Å². The molecule has 6 nitrogen and oxygen atoms in total. The second-order valence-electron chi connectivity index (χ2n) is 6.88. The Morgan fingerprint density at radius 3 is 2.22 bits per heavy atom. The molecule has 2 N–H and O–H groups in total. The number of nitrogens with zero attached hydrogens (tertiary/aromatic N) is 1. The van der Waals surface area contributed by atoms with Crippen LogP contribution in [0.2, 0.25) is 0 Å². The molecule has 0 saturated carbocycles. The zero-order chi connectivity index (χ0) is 21.8. The smallest absolute Gasteiger partial charge is 0.545 e. The van der Waals surface area contributed by atoms with Crippen molar-refractivity contribution >= 4 is 17.6 Å². The predicted molar refractivity (Wildman–Crippen MR) is 115 cm³/mol. The molecule has 1 aromatic heterocycles. The number of hydrogen-bond acceptors (Lipinski definition) is 5. The van der Waals surface area contributed by atoms with Crippen LogP contribution in [0.5, 0.6) is 5.75 Å². The van der Waals surface area contributed by atoms with Crippen molar-refractivity contribution in [1.82, 2.24) is 4.98 Å². The summed E-state index contributed by atoms with van der Waals surface area (Å²) in [5.41, 5.74) is 3.21. The summed E-state index contributed by atoms with van der Waals surface area (Å²) in [4.78, 5) is 28.6. The van der Waals surface area contributed by atoms with E-state index in [0.29, 0.717) is 11.1 Å². The first kappa shape index (κ1) is 23.2. The van der Waals surface area contributed by atoms with Gasteiger partial charge in [-0.1, -0.05) is 54.6 Å². The normalized spacial score (nSPS) is 10.1. The molecule has 0 unspecified atom stereocenters. The molecule has 1 heterocycles. The summed E-state index contributed by atoms with van der Waals surface area (Å²) in [5.74, 6) is -1.83. The number of nitrogens with one attached hydrogen (secondary N) is 1. The van der Waals surface area contributed by atoms with Crippen LogP contribution in [0.1, 0.15) is 20.7 Å². The number of phenolic OH excluding ortho intramolecular Hbond substituents is 1.